The van der Waals surface area contributed by atoms with E-state index in [1.165, 1.54) is 10.9 Å². The molecule has 162 valence electrons. The van der Waals surface area contributed by atoms with E-state index in [1.54, 1.807) is 13.8 Å². The largest absolute Gasteiger partial charge is 0.472 e. The molecule has 1 aliphatic heterocycles. The summed E-state index contributed by atoms with van der Waals surface area (Å²) in [7, 11) is -4.30. The number of phosphoric ester groups is 1. The summed E-state index contributed by atoms with van der Waals surface area (Å²) in [5.41, 5.74) is 5.52. The number of anilines is 1. The molecule has 0 saturated carbocycles. The van der Waals surface area contributed by atoms with Gasteiger partial charge in [-0.25, -0.2) is 9.55 Å². The Labute approximate surface area is 166 Å². The van der Waals surface area contributed by atoms with Crippen LogP contribution < -0.4 is 11.3 Å². The lowest BCUT2D eigenvalue weighted by Gasteiger charge is -2.22. The number of phosphoric acid groups is 1. The number of imidazole rings is 1. The van der Waals surface area contributed by atoms with Gasteiger partial charge in [0.25, 0.3) is 5.56 Å². The van der Waals surface area contributed by atoms with Crippen molar-refractivity contribution >= 4 is 24.9 Å². The molecule has 0 amide bonds. The van der Waals surface area contributed by atoms with Gasteiger partial charge in [-0.2, -0.15) is 4.98 Å². The zero-order chi connectivity index (χ0) is 21.3. The highest BCUT2D eigenvalue weighted by molar-refractivity contribution is 7.47. The predicted molar refractivity (Wildman–Crippen MR) is 103 cm³/mol. The van der Waals surface area contributed by atoms with E-state index in [-0.39, 0.29) is 36.2 Å². The Hall–Kier alpha value is -1.82. The monoisotopic (exact) mass is 431 g/mol. The summed E-state index contributed by atoms with van der Waals surface area (Å²) in [6.07, 6.45) is -1.05. The number of hydrogen-bond donors (Lipinski definition) is 3. The van der Waals surface area contributed by atoms with Gasteiger partial charge in [0.15, 0.2) is 11.2 Å². The summed E-state index contributed by atoms with van der Waals surface area (Å²) in [5.74, 6) is -0.0556. The van der Waals surface area contributed by atoms with E-state index < -0.39 is 37.9 Å². The third kappa shape index (κ3) is 5.21. The van der Waals surface area contributed by atoms with E-state index in [0.717, 1.165) is 0 Å². The average molecular weight is 431 g/mol. The molecule has 1 fully saturated rings. The van der Waals surface area contributed by atoms with Crippen molar-refractivity contribution in [2.75, 3.05) is 12.3 Å². The Morgan fingerprint density at radius 1 is 1.41 bits per heavy atom. The number of aromatic amines is 1. The van der Waals surface area contributed by atoms with Gasteiger partial charge in [0.05, 0.1) is 25.1 Å². The van der Waals surface area contributed by atoms with Crippen LogP contribution in [-0.2, 0) is 23.1 Å². The number of fused-ring (bicyclic) bond motifs is 1. The van der Waals surface area contributed by atoms with Gasteiger partial charge in [-0.3, -0.25) is 23.4 Å². The maximum absolute atomic E-state index is 12.3. The fraction of sp³-hybridized carbons (Fsp3) is 0.688. The molecule has 29 heavy (non-hydrogen) atoms. The van der Waals surface area contributed by atoms with Gasteiger partial charge in [-0.05, 0) is 27.7 Å². The van der Waals surface area contributed by atoms with Crippen LogP contribution in [0.25, 0.3) is 11.2 Å². The summed E-state index contributed by atoms with van der Waals surface area (Å²) in [6, 6.07) is 0. The second-order valence-corrected chi connectivity index (χ2v) is 8.65. The van der Waals surface area contributed by atoms with E-state index in [9.17, 15) is 14.3 Å². The normalized spacial score (nSPS) is 24.6. The fourth-order valence-electron chi connectivity index (χ4n) is 3.04. The molecule has 1 saturated heterocycles. The maximum atomic E-state index is 12.3. The minimum atomic E-state index is -4.30. The Bertz CT molecular complexity index is 959. The molecular formula is C16H26N5O7P. The van der Waals surface area contributed by atoms with Crippen molar-refractivity contribution < 1.29 is 28.0 Å². The Morgan fingerprint density at radius 3 is 2.79 bits per heavy atom. The first-order valence-electron chi connectivity index (χ1n) is 9.24. The molecule has 0 bridgehead atoms. The molecule has 0 spiro atoms. The zero-order valence-electron chi connectivity index (χ0n) is 16.6. The molecule has 13 heteroatoms. The SMILES string of the molecule is CC(C)OC[C@H]1O[C@@H](n2cnc3c(=O)[nH]c(N)nc32)C[C@H]1OP(=O)(O)OC(C)C. The van der Waals surface area contributed by atoms with Crippen LogP contribution in [0.15, 0.2) is 11.1 Å². The van der Waals surface area contributed by atoms with Gasteiger partial charge in [0.1, 0.15) is 18.4 Å². The third-order valence-electron chi connectivity index (χ3n) is 4.15. The van der Waals surface area contributed by atoms with Crippen molar-refractivity contribution in [1.82, 2.24) is 19.5 Å². The van der Waals surface area contributed by atoms with E-state index in [1.807, 2.05) is 13.8 Å². The molecule has 1 aliphatic rings. The smallest absolute Gasteiger partial charge is 0.376 e. The molecule has 4 atom stereocenters. The van der Waals surface area contributed by atoms with Crippen molar-refractivity contribution in [2.24, 2.45) is 0 Å². The number of nitrogens with two attached hydrogens (primary N) is 1. The highest BCUT2D eigenvalue weighted by Crippen LogP contribution is 2.49. The summed E-state index contributed by atoms with van der Waals surface area (Å²) in [6.45, 7) is 7.13. The molecule has 2 aromatic rings. The van der Waals surface area contributed by atoms with Crippen molar-refractivity contribution in [3.63, 3.8) is 0 Å². The van der Waals surface area contributed by atoms with E-state index in [0.29, 0.717) is 0 Å². The topological polar surface area (TPSA) is 164 Å². The van der Waals surface area contributed by atoms with Crippen LogP contribution in [0.4, 0.5) is 5.95 Å². The summed E-state index contributed by atoms with van der Waals surface area (Å²) >= 11 is 0. The Kier molecular flexibility index (Phi) is 6.42. The quantitative estimate of drug-likeness (QED) is 0.519. The zero-order valence-corrected chi connectivity index (χ0v) is 17.5. The predicted octanol–water partition coefficient (Wildman–Crippen LogP) is 1.32. The van der Waals surface area contributed by atoms with Crippen molar-refractivity contribution in [3.05, 3.63) is 16.7 Å². The number of nitrogens with zero attached hydrogens (tertiary/aromatic N) is 3. The summed E-state index contributed by atoms with van der Waals surface area (Å²) in [4.78, 5) is 32.6. The van der Waals surface area contributed by atoms with Gasteiger partial charge in [-0.15, -0.1) is 0 Å². The molecule has 0 aromatic carbocycles. The third-order valence-corrected chi connectivity index (χ3v) is 5.37. The molecular weight excluding hydrogens is 405 g/mol. The first kappa shape index (κ1) is 21.9. The molecule has 3 rings (SSSR count). The van der Waals surface area contributed by atoms with E-state index in [4.69, 9.17) is 24.3 Å². The fourth-order valence-corrected chi connectivity index (χ4v) is 4.18. The van der Waals surface area contributed by atoms with Crippen LogP contribution in [0.1, 0.15) is 40.3 Å². The minimum absolute atomic E-state index is 0.0556. The maximum Gasteiger partial charge on any atom is 0.472 e. The average Bonchev–Trinajstić information content (AvgIpc) is 3.15. The van der Waals surface area contributed by atoms with Crippen LogP contribution in [0, 0.1) is 0 Å². The van der Waals surface area contributed by atoms with Gasteiger partial charge >= 0.3 is 7.82 Å². The van der Waals surface area contributed by atoms with Crippen molar-refractivity contribution in [2.45, 2.75) is 64.8 Å². The van der Waals surface area contributed by atoms with Crippen LogP contribution in [0.2, 0.25) is 0 Å². The second kappa shape index (κ2) is 8.50. The minimum Gasteiger partial charge on any atom is -0.376 e. The van der Waals surface area contributed by atoms with Crippen LogP contribution in [-0.4, -0.2) is 55.4 Å². The number of nitrogen functional groups attached to an aromatic ring is 1. The summed E-state index contributed by atoms with van der Waals surface area (Å²) in [5, 5.41) is 0. The molecule has 3 heterocycles. The van der Waals surface area contributed by atoms with Gasteiger partial charge in [-0.1, -0.05) is 0 Å². The first-order chi connectivity index (χ1) is 13.6. The van der Waals surface area contributed by atoms with Crippen LogP contribution >= 0.6 is 7.82 Å². The van der Waals surface area contributed by atoms with Crippen LogP contribution in [0.3, 0.4) is 0 Å². The first-order valence-corrected chi connectivity index (χ1v) is 10.7. The Morgan fingerprint density at radius 2 is 2.14 bits per heavy atom. The second-order valence-electron chi connectivity index (χ2n) is 7.29. The number of H-pyrrole nitrogens is 1. The molecule has 1 unspecified atom stereocenters. The molecule has 4 N–H and O–H groups in total. The van der Waals surface area contributed by atoms with Gasteiger partial charge < -0.3 is 20.1 Å². The lowest BCUT2D eigenvalue weighted by Crippen LogP contribution is -2.30. The van der Waals surface area contributed by atoms with E-state index in [2.05, 4.69) is 15.0 Å². The molecule has 2 aromatic heterocycles. The number of rotatable bonds is 8. The molecule has 0 radical (unpaired) electrons. The number of aromatic nitrogens is 4. The Balaban J connectivity index is 1.86. The molecule has 0 aliphatic carbocycles. The standard InChI is InChI=1S/C16H26N5O7P/c1-8(2)25-6-11-10(28-29(23,24)27-9(3)4)5-12(26-11)21-7-18-13-14(21)19-16(17)20-15(13)22/h7-12H,5-6H2,1-4H3,(H,23,24)(H3,17,19,20,22)/t10-,11-,12-/m1/s1. The highest BCUT2D eigenvalue weighted by Gasteiger charge is 2.42. The molecule has 12 nitrogen and oxygen atoms in total. The van der Waals surface area contributed by atoms with Crippen molar-refractivity contribution in [3.8, 4) is 0 Å². The van der Waals surface area contributed by atoms with Crippen LogP contribution in [0.5, 0.6) is 0 Å². The number of hydrogen-bond acceptors (Lipinski definition) is 9. The number of nitrogens with one attached hydrogen (secondary N) is 1. The lowest BCUT2D eigenvalue weighted by atomic mass is 10.2. The van der Waals surface area contributed by atoms with Gasteiger partial charge in [0, 0.05) is 6.42 Å². The highest BCUT2D eigenvalue weighted by atomic mass is 31.2. The van der Waals surface area contributed by atoms with Gasteiger partial charge in [0.2, 0.25) is 5.95 Å². The lowest BCUT2D eigenvalue weighted by molar-refractivity contribution is -0.0732. The van der Waals surface area contributed by atoms with Crippen molar-refractivity contribution in [1.29, 1.82) is 0 Å². The summed E-state index contributed by atoms with van der Waals surface area (Å²) < 4.78 is 35.8. The number of ether oxygens (including phenoxy) is 2. The van der Waals surface area contributed by atoms with E-state index >= 15 is 0 Å².